The van der Waals surface area contributed by atoms with E-state index in [1.54, 1.807) is 0 Å². The third kappa shape index (κ3) is 6.59. The standard InChI is InChI=1S/C64H53N/c1-64(48-27-6-3-7-28-48)58-37-14-10-31-53(58)54-42-41-47(43-59(54)64)50-30-11-15-38-60(50)65(61-39-16-12-32-55(61)52-35-18-24-44-23-8-9-29-49(44)52)62-40-17-13-33-56(62)57-36-20-26-46-25-19-34-51(63(46)57)45-21-4-2-5-22-45/h3,6-20,23,25-45H,2,4-5,21-22,24H2,1H3. The SMILES string of the molecule is CC1(c2ccccc2)c2ccccc2-c2ccc(-c3ccccc3N(c3ccccc3C3=C4C=CC=CC4CC=C3)c3ccccc3-c3cccc4cccc(C5CCCCC5)c34)cc21. The summed E-state index contributed by atoms with van der Waals surface area (Å²) in [7, 11) is 0. The molecule has 8 aromatic carbocycles. The lowest BCUT2D eigenvalue weighted by atomic mass is 9.74. The summed E-state index contributed by atoms with van der Waals surface area (Å²) in [6.07, 6.45) is 21.3. The summed E-state index contributed by atoms with van der Waals surface area (Å²) in [5.74, 6) is 0.937. The van der Waals surface area contributed by atoms with Crippen LogP contribution in [0.15, 0.2) is 224 Å². The van der Waals surface area contributed by atoms with E-state index in [1.807, 2.05) is 0 Å². The summed E-state index contributed by atoms with van der Waals surface area (Å²) >= 11 is 0. The maximum absolute atomic E-state index is 2.59. The summed E-state index contributed by atoms with van der Waals surface area (Å²) in [4.78, 5) is 2.59. The fraction of sp³-hybridized carbons (Fsp3) is 0.156. The highest BCUT2D eigenvalue weighted by Gasteiger charge is 2.41. The molecule has 0 aromatic heterocycles. The summed E-state index contributed by atoms with van der Waals surface area (Å²) in [5, 5.41) is 2.71. The van der Waals surface area contributed by atoms with E-state index in [-0.39, 0.29) is 5.41 Å². The van der Waals surface area contributed by atoms with Gasteiger partial charge in [0.25, 0.3) is 0 Å². The second-order valence-electron chi connectivity index (χ2n) is 18.6. The molecule has 0 N–H and O–H groups in total. The largest absolute Gasteiger partial charge is 0.309 e. The van der Waals surface area contributed by atoms with Crippen molar-refractivity contribution in [2.45, 2.75) is 56.8 Å². The molecule has 0 heterocycles. The third-order valence-corrected chi connectivity index (χ3v) is 15.1. The van der Waals surface area contributed by atoms with Gasteiger partial charge in [0.1, 0.15) is 0 Å². The number of fused-ring (bicyclic) bond motifs is 5. The maximum Gasteiger partial charge on any atom is 0.0540 e. The maximum atomic E-state index is 2.59. The molecule has 0 radical (unpaired) electrons. The molecule has 4 aliphatic carbocycles. The Morgan fingerprint density at radius 1 is 0.492 bits per heavy atom. The molecule has 0 spiro atoms. The van der Waals surface area contributed by atoms with Crippen LogP contribution in [0.4, 0.5) is 17.1 Å². The summed E-state index contributed by atoms with van der Waals surface area (Å²) in [5.41, 5.74) is 20.2. The summed E-state index contributed by atoms with van der Waals surface area (Å²) in [6.45, 7) is 2.42. The summed E-state index contributed by atoms with van der Waals surface area (Å²) in [6, 6.07) is 68.8. The number of benzene rings is 8. The van der Waals surface area contributed by atoms with Gasteiger partial charge in [0.2, 0.25) is 0 Å². The highest BCUT2D eigenvalue weighted by atomic mass is 15.1. The first-order valence-corrected chi connectivity index (χ1v) is 23.8. The van der Waals surface area contributed by atoms with Crippen LogP contribution in [0.3, 0.4) is 0 Å². The molecule has 2 unspecified atom stereocenters. The van der Waals surface area contributed by atoms with Gasteiger partial charge in [-0.3, -0.25) is 0 Å². The van der Waals surface area contributed by atoms with Crippen LogP contribution in [0.1, 0.15) is 79.2 Å². The molecule has 0 aliphatic heterocycles. The Kier molecular flexibility index (Phi) is 9.94. The lowest BCUT2D eigenvalue weighted by molar-refractivity contribution is 0.445. The van der Waals surface area contributed by atoms with Gasteiger partial charge in [-0.2, -0.15) is 0 Å². The van der Waals surface area contributed by atoms with Crippen molar-refractivity contribution < 1.29 is 0 Å². The Bertz CT molecular complexity index is 3240. The van der Waals surface area contributed by atoms with Crippen LogP contribution < -0.4 is 4.90 Å². The molecule has 314 valence electrons. The van der Waals surface area contributed by atoms with E-state index < -0.39 is 0 Å². The van der Waals surface area contributed by atoms with Crippen LogP contribution in [-0.4, -0.2) is 0 Å². The van der Waals surface area contributed by atoms with E-state index >= 15 is 0 Å². The van der Waals surface area contributed by atoms with E-state index in [4.69, 9.17) is 0 Å². The van der Waals surface area contributed by atoms with Crippen LogP contribution in [0, 0.1) is 5.92 Å². The van der Waals surface area contributed by atoms with Crippen LogP contribution in [0.25, 0.3) is 49.7 Å². The molecule has 2 atom stereocenters. The van der Waals surface area contributed by atoms with Crippen LogP contribution in [0.2, 0.25) is 0 Å². The quantitative estimate of drug-likeness (QED) is 0.147. The second-order valence-corrected chi connectivity index (χ2v) is 18.6. The van der Waals surface area contributed by atoms with E-state index in [1.165, 1.54) is 127 Å². The van der Waals surface area contributed by atoms with Crippen molar-refractivity contribution in [3.8, 4) is 33.4 Å². The number of anilines is 3. The Balaban J connectivity index is 1.11. The Hall–Kier alpha value is -7.22. The molecule has 0 bridgehead atoms. The lowest BCUT2D eigenvalue weighted by Gasteiger charge is -2.33. The second kappa shape index (κ2) is 16.4. The van der Waals surface area contributed by atoms with Crippen LogP contribution in [0.5, 0.6) is 0 Å². The fourth-order valence-electron chi connectivity index (χ4n) is 11.9. The van der Waals surface area contributed by atoms with E-state index in [0.717, 1.165) is 12.1 Å². The third-order valence-electron chi connectivity index (χ3n) is 15.1. The molecule has 1 fully saturated rings. The normalized spacial score (nSPS) is 18.7. The molecule has 1 saturated carbocycles. The molecule has 1 heteroatoms. The van der Waals surface area contributed by atoms with Crippen LogP contribution >= 0.6 is 0 Å². The van der Waals surface area contributed by atoms with Crippen molar-refractivity contribution >= 4 is 33.4 Å². The molecule has 0 amide bonds. The minimum absolute atomic E-state index is 0.304. The molecule has 8 aromatic rings. The first kappa shape index (κ1) is 39.4. The summed E-state index contributed by atoms with van der Waals surface area (Å²) < 4.78 is 0. The predicted octanol–water partition coefficient (Wildman–Crippen LogP) is 17.5. The van der Waals surface area contributed by atoms with E-state index in [9.17, 15) is 0 Å². The lowest BCUT2D eigenvalue weighted by Crippen LogP contribution is -2.22. The Labute approximate surface area is 384 Å². The van der Waals surface area contributed by atoms with Crippen molar-refractivity contribution in [3.63, 3.8) is 0 Å². The minimum Gasteiger partial charge on any atom is -0.309 e. The minimum atomic E-state index is -0.304. The van der Waals surface area contributed by atoms with Gasteiger partial charge < -0.3 is 4.90 Å². The highest BCUT2D eigenvalue weighted by molar-refractivity contribution is 6.05. The van der Waals surface area contributed by atoms with Gasteiger partial charge in [-0.05, 0) is 123 Å². The predicted molar refractivity (Wildman–Crippen MR) is 275 cm³/mol. The number of para-hydroxylation sites is 3. The number of hydrogen-bond donors (Lipinski definition) is 0. The zero-order valence-corrected chi connectivity index (χ0v) is 37.1. The van der Waals surface area contributed by atoms with Crippen LogP contribution in [-0.2, 0) is 5.41 Å². The molecular weight excluding hydrogens is 783 g/mol. The van der Waals surface area contributed by atoms with Gasteiger partial charge in [-0.15, -0.1) is 0 Å². The van der Waals surface area contributed by atoms with Gasteiger partial charge in [0.05, 0.1) is 17.1 Å². The topological polar surface area (TPSA) is 3.24 Å². The number of hydrogen-bond acceptors (Lipinski definition) is 1. The number of nitrogens with zero attached hydrogens (tertiary/aromatic N) is 1. The van der Waals surface area contributed by atoms with E-state index in [2.05, 4.69) is 230 Å². The van der Waals surface area contributed by atoms with Gasteiger partial charge in [0.15, 0.2) is 0 Å². The first-order chi connectivity index (χ1) is 32.2. The van der Waals surface area contributed by atoms with Crippen molar-refractivity contribution in [2.24, 2.45) is 5.92 Å². The van der Waals surface area contributed by atoms with Gasteiger partial charge in [-0.1, -0.05) is 213 Å². The van der Waals surface area contributed by atoms with Crippen molar-refractivity contribution in [1.29, 1.82) is 0 Å². The monoisotopic (exact) mass is 835 g/mol. The molecular formula is C64H53N. The molecule has 0 saturated heterocycles. The van der Waals surface area contributed by atoms with Crippen molar-refractivity contribution in [3.05, 3.63) is 252 Å². The van der Waals surface area contributed by atoms with Crippen molar-refractivity contribution in [1.82, 2.24) is 0 Å². The molecule has 4 aliphatic rings. The molecule has 1 nitrogen and oxygen atoms in total. The van der Waals surface area contributed by atoms with Gasteiger partial charge >= 0.3 is 0 Å². The van der Waals surface area contributed by atoms with E-state index in [0.29, 0.717) is 11.8 Å². The molecule has 65 heavy (non-hydrogen) atoms. The zero-order valence-electron chi connectivity index (χ0n) is 37.1. The average molecular weight is 836 g/mol. The number of rotatable bonds is 8. The van der Waals surface area contributed by atoms with Gasteiger partial charge in [-0.25, -0.2) is 0 Å². The smallest absolute Gasteiger partial charge is 0.0540 e. The molecule has 12 rings (SSSR count). The Morgan fingerprint density at radius 3 is 1.92 bits per heavy atom. The fourth-order valence-corrected chi connectivity index (χ4v) is 11.9. The number of allylic oxidation sites excluding steroid dienone is 8. The highest BCUT2D eigenvalue weighted by Crippen LogP contribution is 2.55. The Morgan fingerprint density at radius 2 is 1.12 bits per heavy atom. The first-order valence-electron chi connectivity index (χ1n) is 23.8. The zero-order chi connectivity index (χ0) is 43.3. The van der Waals surface area contributed by atoms with Crippen molar-refractivity contribution in [2.75, 3.05) is 4.90 Å². The van der Waals surface area contributed by atoms with Gasteiger partial charge in [0, 0.05) is 28.0 Å². The average Bonchev–Trinajstić information content (AvgIpc) is 3.64.